The van der Waals surface area contributed by atoms with Gasteiger partial charge in [0.05, 0.1) is 12.7 Å². The van der Waals surface area contributed by atoms with Crippen LogP contribution in [0.5, 0.6) is 0 Å². The summed E-state index contributed by atoms with van der Waals surface area (Å²) in [6.07, 6.45) is -0.182. The van der Waals surface area contributed by atoms with Crippen LogP contribution in [-0.4, -0.2) is 63.5 Å². The molecule has 2 N–H and O–H groups in total. The SMILES string of the molecule is CN(C)S(=O)(=O)N1CCOC(CN)C1.Cl. The Morgan fingerprint density at radius 2 is 2.13 bits per heavy atom. The summed E-state index contributed by atoms with van der Waals surface area (Å²) in [4.78, 5) is 0. The summed E-state index contributed by atoms with van der Waals surface area (Å²) in [6, 6.07) is 0. The number of rotatable bonds is 3. The van der Waals surface area contributed by atoms with Crippen molar-refractivity contribution >= 4 is 22.6 Å². The standard InChI is InChI=1S/C7H17N3O3S.ClH/c1-9(2)14(11,12)10-3-4-13-7(5-8)6-10;/h7H,3-6,8H2,1-2H3;1H. The second-order valence-corrected chi connectivity index (χ2v) is 5.52. The number of nitrogens with zero attached hydrogens (tertiary/aromatic N) is 2. The molecular weight excluding hydrogens is 242 g/mol. The van der Waals surface area contributed by atoms with Crippen LogP contribution in [-0.2, 0) is 14.9 Å². The average Bonchev–Trinajstić information content (AvgIpc) is 2.17. The van der Waals surface area contributed by atoms with Gasteiger partial charge in [0.1, 0.15) is 0 Å². The second kappa shape index (κ2) is 5.97. The third-order valence-corrected chi connectivity index (χ3v) is 4.06. The monoisotopic (exact) mass is 259 g/mol. The van der Waals surface area contributed by atoms with Gasteiger partial charge in [-0.15, -0.1) is 12.4 Å². The van der Waals surface area contributed by atoms with E-state index in [1.807, 2.05) is 0 Å². The Morgan fingerprint density at radius 1 is 1.53 bits per heavy atom. The molecule has 0 spiro atoms. The van der Waals surface area contributed by atoms with Gasteiger partial charge in [0.15, 0.2) is 0 Å². The highest BCUT2D eigenvalue weighted by molar-refractivity contribution is 7.86. The minimum absolute atomic E-state index is 0. The summed E-state index contributed by atoms with van der Waals surface area (Å²) in [6.45, 7) is 1.50. The molecule has 1 saturated heterocycles. The zero-order chi connectivity index (χ0) is 10.8. The molecule has 1 unspecified atom stereocenters. The van der Waals surface area contributed by atoms with Crippen molar-refractivity contribution in [3.63, 3.8) is 0 Å². The predicted octanol–water partition coefficient (Wildman–Crippen LogP) is -1.13. The molecule has 0 aromatic heterocycles. The van der Waals surface area contributed by atoms with Crippen molar-refractivity contribution in [1.29, 1.82) is 0 Å². The third kappa shape index (κ3) is 3.54. The van der Waals surface area contributed by atoms with E-state index < -0.39 is 10.2 Å². The first kappa shape index (κ1) is 15.1. The van der Waals surface area contributed by atoms with Gasteiger partial charge in [-0.2, -0.15) is 17.0 Å². The molecule has 1 aliphatic heterocycles. The highest BCUT2D eigenvalue weighted by Gasteiger charge is 2.30. The van der Waals surface area contributed by atoms with Crippen molar-refractivity contribution in [1.82, 2.24) is 8.61 Å². The van der Waals surface area contributed by atoms with E-state index in [-0.39, 0.29) is 18.5 Å². The Hall–Kier alpha value is 0.0800. The van der Waals surface area contributed by atoms with Gasteiger partial charge in [0.2, 0.25) is 0 Å². The molecule has 92 valence electrons. The van der Waals surface area contributed by atoms with E-state index >= 15 is 0 Å². The van der Waals surface area contributed by atoms with Crippen molar-refractivity contribution in [2.45, 2.75) is 6.10 Å². The van der Waals surface area contributed by atoms with Gasteiger partial charge < -0.3 is 10.5 Å². The van der Waals surface area contributed by atoms with E-state index in [1.54, 1.807) is 0 Å². The zero-order valence-corrected chi connectivity index (χ0v) is 10.6. The maximum atomic E-state index is 11.7. The van der Waals surface area contributed by atoms with Crippen LogP contribution in [0.3, 0.4) is 0 Å². The van der Waals surface area contributed by atoms with Crippen LogP contribution in [0.4, 0.5) is 0 Å². The van der Waals surface area contributed by atoms with Crippen molar-refractivity contribution in [2.24, 2.45) is 5.73 Å². The first-order valence-corrected chi connectivity index (χ1v) is 5.87. The van der Waals surface area contributed by atoms with Crippen LogP contribution in [0.2, 0.25) is 0 Å². The minimum Gasteiger partial charge on any atom is -0.374 e. The Bertz CT molecular complexity index is 283. The Morgan fingerprint density at radius 3 is 2.60 bits per heavy atom. The summed E-state index contributed by atoms with van der Waals surface area (Å²) in [5.41, 5.74) is 5.42. The molecule has 1 fully saturated rings. The molecule has 1 aliphatic rings. The van der Waals surface area contributed by atoms with Crippen LogP contribution >= 0.6 is 12.4 Å². The van der Waals surface area contributed by atoms with E-state index in [9.17, 15) is 8.42 Å². The van der Waals surface area contributed by atoms with Crippen molar-refractivity contribution in [2.75, 3.05) is 40.3 Å². The van der Waals surface area contributed by atoms with Crippen LogP contribution < -0.4 is 5.73 Å². The van der Waals surface area contributed by atoms with Crippen molar-refractivity contribution in [3.8, 4) is 0 Å². The van der Waals surface area contributed by atoms with Crippen LogP contribution in [0.1, 0.15) is 0 Å². The number of morpholine rings is 1. The molecule has 15 heavy (non-hydrogen) atoms. The molecule has 1 heterocycles. The first-order chi connectivity index (χ1) is 6.48. The van der Waals surface area contributed by atoms with Crippen LogP contribution in [0.25, 0.3) is 0 Å². The van der Waals surface area contributed by atoms with Gasteiger partial charge in [0, 0.05) is 33.7 Å². The number of hydrogen-bond donors (Lipinski definition) is 1. The van der Waals surface area contributed by atoms with E-state index in [0.717, 1.165) is 0 Å². The van der Waals surface area contributed by atoms with E-state index in [2.05, 4.69) is 0 Å². The lowest BCUT2D eigenvalue weighted by atomic mass is 10.3. The Labute approximate surface area is 96.9 Å². The van der Waals surface area contributed by atoms with Gasteiger partial charge in [-0.05, 0) is 0 Å². The molecule has 1 atom stereocenters. The fourth-order valence-electron chi connectivity index (χ4n) is 1.28. The highest BCUT2D eigenvalue weighted by atomic mass is 35.5. The zero-order valence-electron chi connectivity index (χ0n) is 8.92. The predicted molar refractivity (Wildman–Crippen MR) is 60.2 cm³/mol. The number of hydrogen-bond acceptors (Lipinski definition) is 4. The number of ether oxygens (including phenoxy) is 1. The third-order valence-electron chi connectivity index (χ3n) is 2.15. The second-order valence-electron chi connectivity index (χ2n) is 3.38. The smallest absolute Gasteiger partial charge is 0.281 e. The van der Waals surface area contributed by atoms with Gasteiger partial charge in [-0.3, -0.25) is 0 Å². The van der Waals surface area contributed by atoms with Gasteiger partial charge in [-0.1, -0.05) is 0 Å². The maximum absolute atomic E-state index is 11.7. The quantitative estimate of drug-likeness (QED) is 0.696. The lowest BCUT2D eigenvalue weighted by molar-refractivity contribution is 0.00317. The summed E-state index contributed by atoms with van der Waals surface area (Å²) >= 11 is 0. The van der Waals surface area contributed by atoms with Crippen LogP contribution in [0.15, 0.2) is 0 Å². The molecular formula is C7H18ClN3O3S. The molecule has 6 nitrogen and oxygen atoms in total. The van der Waals surface area contributed by atoms with Crippen molar-refractivity contribution < 1.29 is 13.2 Å². The van der Waals surface area contributed by atoms with Crippen LogP contribution in [0, 0.1) is 0 Å². The molecule has 0 aliphatic carbocycles. The topological polar surface area (TPSA) is 75.9 Å². The van der Waals surface area contributed by atoms with E-state index in [0.29, 0.717) is 26.2 Å². The van der Waals surface area contributed by atoms with Crippen molar-refractivity contribution in [3.05, 3.63) is 0 Å². The number of halogens is 1. The molecule has 8 heteroatoms. The van der Waals surface area contributed by atoms with Gasteiger partial charge in [0.25, 0.3) is 10.2 Å². The largest absolute Gasteiger partial charge is 0.374 e. The van der Waals surface area contributed by atoms with E-state index in [4.69, 9.17) is 10.5 Å². The summed E-state index contributed by atoms with van der Waals surface area (Å²) < 4.78 is 31.3. The lowest BCUT2D eigenvalue weighted by Gasteiger charge is -2.32. The summed E-state index contributed by atoms with van der Waals surface area (Å²) in [5, 5.41) is 0. The molecule has 0 saturated carbocycles. The van der Waals surface area contributed by atoms with Gasteiger partial charge >= 0.3 is 0 Å². The summed E-state index contributed by atoms with van der Waals surface area (Å²) in [5.74, 6) is 0. The Kier molecular flexibility index (Phi) is 6.01. The first-order valence-electron chi connectivity index (χ1n) is 4.47. The summed E-state index contributed by atoms with van der Waals surface area (Å²) in [7, 11) is -0.280. The molecule has 0 amide bonds. The highest BCUT2D eigenvalue weighted by Crippen LogP contribution is 2.10. The Balaban J connectivity index is 0.00000196. The lowest BCUT2D eigenvalue weighted by Crippen LogP contribution is -2.51. The molecule has 0 radical (unpaired) electrons. The molecule has 0 aromatic rings. The molecule has 1 rings (SSSR count). The fraction of sp³-hybridized carbons (Fsp3) is 1.00. The molecule has 0 aromatic carbocycles. The molecule has 0 bridgehead atoms. The van der Waals surface area contributed by atoms with Gasteiger partial charge in [-0.25, -0.2) is 0 Å². The van der Waals surface area contributed by atoms with E-state index in [1.165, 1.54) is 22.7 Å². The minimum atomic E-state index is -3.31. The average molecular weight is 260 g/mol. The normalized spacial score (nSPS) is 23.9. The maximum Gasteiger partial charge on any atom is 0.281 e. The fourth-order valence-corrected chi connectivity index (χ4v) is 2.40. The number of nitrogens with two attached hydrogens (primary N) is 1.